The van der Waals surface area contributed by atoms with E-state index < -0.39 is 17.6 Å². The maximum atomic E-state index is 10.9. The van der Waals surface area contributed by atoms with Gasteiger partial charge in [-0.15, -0.1) is 0 Å². The van der Waals surface area contributed by atoms with E-state index in [0.717, 1.165) is 24.8 Å². The number of fused-ring (bicyclic) bond motifs is 1. The molecule has 0 aliphatic heterocycles. The van der Waals surface area contributed by atoms with Gasteiger partial charge in [0.25, 0.3) is 0 Å². The quantitative estimate of drug-likeness (QED) is 0.548. The average Bonchev–Trinajstić information content (AvgIpc) is 2.62. The highest BCUT2D eigenvalue weighted by Crippen LogP contribution is 2.62. The van der Waals surface area contributed by atoms with Crippen molar-refractivity contribution in [2.24, 2.45) is 22.7 Å². The van der Waals surface area contributed by atoms with E-state index in [4.69, 9.17) is 11.6 Å². The number of halogens is 1. The van der Waals surface area contributed by atoms with Gasteiger partial charge in [0.2, 0.25) is 0 Å². The first-order chi connectivity index (χ1) is 12.2. The van der Waals surface area contributed by atoms with Crippen molar-refractivity contribution in [2.45, 2.75) is 58.2 Å². The van der Waals surface area contributed by atoms with Crippen LogP contribution in [0.15, 0.2) is 30.5 Å². The number of aromatic nitrogens is 1. The van der Waals surface area contributed by atoms with Gasteiger partial charge in [-0.1, -0.05) is 43.7 Å². The highest BCUT2D eigenvalue weighted by atomic mass is 35.5. The molecule has 0 spiro atoms. The average molecular weight is 380 g/mol. The summed E-state index contributed by atoms with van der Waals surface area (Å²) in [5.41, 5.74) is 1.18. The highest BCUT2D eigenvalue weighted by Gasteiger charge is 2.57. The number of rotatable bonds is 4. The summed E-state index contributed by atoms with van der Waals surface area (Å²) < 4.78 is 0. The van der Waals surface area contributed by atoms with Gasteiger partial charge in [-0.3, -0.25) is 0 Å². The van der Waals surface area contributed by atoms with Crippen LogP contribution in [-0.4, -0.2) is 33.0 Å². The van der Waals surface area contributed by atoms with E-state index in [2.05, 4.69) is 18.5 Å². The monoisotopic (exact) mass is 379 g/mol. The molecule has 2 aliphatic carbocycles. The van der Waals surface area contributed by atoms with Crippen LogP contribution in [0, 0.1) is 22.7 Å². The normalized spacial score (nSPS) is 38.7. The van der Waals surface area contributed by atoms with E-state index in [0.29, 0.717) is 23.6 Å². The summed E-state index contributed by atoms with van der Waals surface area (Å²) in [7, 11) is 0. The second-order valence-corrected chi connectivity index (χ2v) is 9.02. The Morgan fingerprint density at radius 2 is 2.12 bits per heavy atom. The van der Waals surface area contributed by atoms with E-state index in [1.165, 1.54) is 0 Å². The molecule has 4 nitrogen and oxygen atoms in total. The number of hydrogen-bond donors (Lipinski definition) is 3. The SMILES string of the molecule is C=C1CCC2[C@](C)(CO)[C@H](O)CC[C@@]2(C)[C@@H]1CC(O)c1cccnc1Cl. The minimum Gasteiger partial charge on any atom is -0.396 e. The lowest BCUT2D eigenvalue weighted by Gasteiger charge is -2.60. The van der Waals surface area contributed by atoms with E-state index in [1.807, 2.05) is 13.0 Å². The van der Waals surface area contributed by atoms with Crippen molar-refractivity contribution < 1.29 is 15.3 Å². The Morgan fingerprint density at radius 1 is 1.38 bits per heavy atom. The first-order valence-electron chi connectivity index (χ1n) is 9.49. The Kier molecular flexibility index (Phi) is 5.51. The van der Waals surface area contributed by atoms with Crippen LogP contribution < -0.4 is 0 Å². The standard InChI is InChI=1S/C21H30ClNO3/c1-13-6-7-17-20(2,9-8-18(26)21(17,3)12-24)15(13)11-16(25)14-5-4-10-23-19(14)22/h4-5,10,15-18,24-26H,1,6-9,11-12H2,2-3H3/t15-,16?,17?,18-,20+,21+/m1/s1. The van der Waals surface area contributed by atoms with Crippen molar-refractivity contribution in [3.05, 3.63) is 41.2 Å². The zero-order valence-electron chi connectivity index (χ0n) is 15.7. The fourth-order valence-corrected chi connectivity index (χ4v) is 5.88. The number of allylic oxidation sites excluding steroid dienone is 1. The Hall–Kier alpha value is -0.940. The maximum absolute atomic E-state index is 10.9. The first kappa shape index (κ1) is 19.8. The van der Waals surface area contributed by atoms with Gasteiger partial charge in [-0.05, 0) is 55.4 Å². The lowest BCUT2D eigenvalue weighted by Crippen LogP contribution is -2.57. The van der Waals surface area contributed by atoms with E-state index >= 15 is 0 Å². The van der Waals surface area contributed by atoms with Crippen molar-refractivity contribution in [3.8, 4) is 0 Å². The fraction of sp³-hybridized carbons (Fsp3) is 0.667. The summed E-state index contributed by atoms with van der Waals surface area (Å²) in [6.45, 7) is 8.53. The molecule has 2 unspecified atom stereocenters. The molecule has 5 heteroatoms. The molecular formula is C21H30ClNO3. The third kappa shape index (κ3) is 3.11. The molecule has 2 fully saturated rings. The Balaban J connectivity index is 1.91. The molecular weight excluding hydrogens is 350 g/mol. The third-order valence-electron chi connectivity index (χ3n) is 7.30. The smallest absolute Gasteiger partial charge is 0.134 e. The second-order valence-electron chi connectivity index (χ2n) is 8.66. The number of nitrogens with zero attached hydrogens (tertiary/aromatic N) is 1. The molecule has 3 rings (SSSR count). The van der Waals surface area contributed by atoms with Crippen LogP contribution in [0.2, 0.25) is 5.15 Å². The summed E-state index contributed by atoms with van der Waals surface area (Å²) in [5.74, 6) is 0.307. The van der Waals surface area contributed by atoms with Crippen molar-refractivity contribution >= 4 is 11.6 Å². The molecule has 6 atom stereocenters. The van der Waals surface area contributed by atoms with Gasteiger partial charge in [0.15, 0.2) is 0 Å². The van der Waals surface area contributed by atoms with Gasteiger partial charge in [-0.25, -0.2) is 4.98 Å². The molecule has 3 N–H and O–H groups in total. The van der Waals surface area contributed by atoms with Crippen LogP contribution in [0.5, 0.6) is 0 Å². The minimum absolute atomic E-state index is 0.0232. The Morgan fingerprint density at radius 3 is 2.77 bits per heavy atom. The molecule has 0 saturated heterocycles. The Bertz CT molecular complexity index is 681. The third-order valence-corrected chi connectivity index (χ3v) is 7.62. The molecule has 1 aromatic heterocycles. The number of aliphatic hydroxyl groups excluding tert-OH is 3. The van der Waals surface area contributed by atoms with Gasteiger partial charge >= 0.3 is 0 Å². The minimum atomic E-state index is -0.708. The molecule has 1 heterocycles. The van der Waals surface area contributed by atoms with Crippen molar-refractivity contribution in [1.29, 1.82) is 0 Å². The lowest BCUT2D eigenvalue weighted by molar-refractivity contribution is -0.155. The molecule has 0 radical (unpaired) electrons. The molecule has 26 heavy (non-hydrogen) atoms. The number of aliphatic hydroxyl groups is 3. The van der Waals surface area contributed by atoms with E-state index in [9.17, 15) is 15.3 Å². The summed E-state index contributed by atoms with van der Waals surface area (Å²) in [6.07, 6.45) is 4.27. The van der Waals surface area contributed by atoms with Crippen LogP contribution in [0.1, 0.15) is 57.6 Å². The van der Waals surface area contributed by atoms with Crippen molar-refractivity contribution in [2.75, 3.05) is 6.61 Å². The molecule has 2 aliphatic rings. The summed E-state index contributed by atoms with van der Waals surface area (Å²) in [5, 5.41) is 31.8. The molecule has 2 saturated carbocycles. The molecule has 1 aromatic rings. The second kappa shape index (κ2) is 7.23. The summed E-state index contributed by atoms with van der Waals surface area (Å²) in [4.78, 5) is 4.07. The lowest BCUT2D eigenvalue weighted by atomic mass is 9.46. The predicted octanol–water partition coefficient (Wildman–Crippen LogP) is 3.90. The summed E-state index contributed by atoms with van der Waals surface area (Å²) >= 11 is 6.17. The number of pyridine rings is 1. The van der Waals surface area contributed by atoms with Gasteiger partial charge < -0.3 is 15.3 Å². The molecule has 0 aromatic carbocycles. The molecule has 144 valence electrons. The maximum Gasteiger partial charge on any atom is 0.134 e. The van der Waals surface area contributed by atoms with Crippen LogP contribution in [0.3, 0.4) is 0 Å². The Labute approximate surface area is 160 Å². The zero-order valence-corrected chi connectivity index (χ0v) is 16.4. The van der Waals surface area contributed by atoms with Crippen LogP contribution in [0.4, 0.5) is 0 Å². The first-order valence-corrected chi connectivity index (χ1v) is 9.87. The van der Waals surface area contributed by atoms with Crippen LogP contribution in [-0.2, 0) is 0 Å². The van der Waals surface area contributed by atoms with E-state index in [1.54, 1.807) is 12.3 Å². The van der Waals surface area contributed by atoms with Gasteiger partial charge in [0.05, 0.1) is 18.8 Å². The van der Waals surface area contributed by atoms with Crippen LogP contribution in [0.25, 0.3) is 0 Å². The van der Waals surface area contributed by atoms with E-state index in [-0.39, 0.29) is 23.9 Å². The number of hydrogen-bond acceptors (Lipinski definition) is 4. The molecule has 0 amide bonds. The topological polar surface area (TPSA) is 73.6 Å². The van der Waals surface area contributed by atoms with Gasteiger partial charge in [-0.2, -0.15) is 0 Å². The van der Waals surface area contributed by atoms with Gasteiger partial charge in [0.1, 0.15) is 5.15 Å². The largest absolute Gasteiger partial charge is 0.396 e. The van der Waals surface area contributed by atoms with Crippen molar-refractivity contribution in [1.82, 2.24) is 4.98 Å². The molecule has 0 bridgehead atoms. The van der Waals surface area contributed by atoms with Crippen molar-refractivity contribution in [3.63, 3.8) is 0 Å². The highest BCUT2D eigenvalue weighted by molar-refractivity contribution is 6.30. The summed E-state index contributed by atoms with van der Waals surface area (Å²) in [6, 6.07) is 3.60. The van der Waals surface area contributed by atoms with Gasteiger partial charge in [0, 0.05) is 17.2 Å². The van der Waals surface area contributed by atoms with Crippen LogP contribution >= 0.6 is 11.6 Å². The zero-order chi connectivity index (χ0) is 19.1. The predicted molar refractivity (Wildman–Crippen MR) is 103 cm³/mol. The fourth-order valence-electron chi connectivity index (χ4n) is 5.63.